The fraction of sp³-hybridized carbons (Fsp3) is 0.462. The number of ether oxygens (including phenoxy) is 1. The Balaban J connectivity index is 1.96. The van der Waals surface area contributed by atoms with Crippen molar-refractivity contribution in [2.24, 2.45) is 5.14 Å². The van der Waals surface area contributed by atoms with Gasteiger partial charge in [-0.3, -0.25) is 4.18 Å². The highest BCUT2D eigenvalue weighted by atomic mass is 32.2. The van der Waals surface area contributed by atoms with E-state index in [9.17, 15) is 18.6 Å². The van der Waals surface area contributed by atoms with Crippen LogP contribution in [0.3, 0.4) is 0 Å². The molecule has 1 aliphatic heterocycles. The Hall–Kier alpha value is -2.16. The van der Waals surface area contributed by atoms with E-state index in [1.54, 1.807) is 6.08 Å². The molecule has 0 radical (unpaired) electrons. The molecule has 1 aliphatic rings. The fourth-order valence-electron chi connectivity index (χ4n) is 2.76. The third-order valence-corrected chi connectivity index (χ3v) is 4.37. The van der Waals surface area contributed by atoms with Gasteiger partial charge in [0, 0.05) is 6.42 Å². The second-order valence-electron chi connectivity index (χ2n) is 5.67. The van der Waals surface area contributed by atoms with Crippen LogP contribution in [0.2, 0.25) is 0 Å². The number of nitrogens with zero attached hydrogens (tertiary/aromatic N) is 4. The number of allylic oxidation sites excluding steroid dienone is 1. The number of aliphatic hydroxyl groups excluding tert-OH is 2. The standard InChI is InChI=1S/C13H18N6O6S/c1-2-3-6-8-11(14)16-5-17-12(8)19(18-6)13-10(21)9(20)7(25-13)4-24-26(15,22)23/h2,5,7,9-10,13,20-21H,1,3-4H2,(H2,14,16,17)(H2,15,22,23)/t7-,9-,10-,13-/m1/s1. The van der Waals surface area contributed by atoms with Crippen LogP contribution in [0.5, 0.6) is 0 Å². The number of hydrogen-bond acceptors (Lipinski definition) is 10. The Kier molecular flexibility index (Phi) is 4.92. The molecule has 12 nitrogen and oxygen atoms in total. The third kappa shape index (κ3) is 3.40. The van der Waals surface area contributed by atoms with Crippen molar-refractivity contribution in [3.63, 3.8) is 0 Å². The van der Waals surface area contributed by atoms with Crippen molar-refractivity contribution in [3.8, 4) is 0 Å². The van der Waals surface area contributed by atoms with Crippen molar-refractivity contribution in [1.29, 1.82) is 0 Å². The smallest absolute Gasteiger partial charge is 0.333 e. The SMILES string of the molecule is C=CCc1nn([C@@H]2O[C@H](COS(N)(=O)=O)[C@@H](O)[C@H]2O)c2ncnc(N)c12. The van der Waals surface area contributed by atoms with E-state index in [4.69, 9.17) is 15.6 Å². The van der Waals surface area contributed by atoms with Gasteiger partial charge in [0.05, 0.1) is 17.7 Å². The number of aliphatic hydroxyl groups is 2. The molecule has 2 aromatic rings. The summed E-state index contributed by atoms with van der Waals surface area (Å²) in [6, 6.07) is 0. The van der Waals surface area contributed by atoms with Gasteiger partial charge in [-0.05, 0) is 0 Å². The van der Waals surface area contributed by atoms with Gasteiger partial charge >= 0.3 is 10.3 Å². The molecule has 1 fully saturated rings. The molecule has 4 atom stereocenters. The summed E-state index contributed by atoms with van der Waals surface area (Å²) in [5.74, 6) is 0.195. The molecule has 0 spiro atoms. The highest BCUT2D eigenvalue weighted by Crippen LogP contribution is 2.33. The Morgan fingerprint density at radius 3 is 2.77 bits per heavy atom. The van der Waals surface area contributed by atoms with E-state index in [0.717, 1.165) is 0 Å². The van der Waals surface area contributed by atoms with Gasteiger partial charge in [0.1, 0.15) is 30.5 Å². The summed E-state index contributed by atoms with van der Waals surface area (Å²) in [5.41, 5.74) is 6.70. The highest BCUT2D eigenvalue weighted by Gasteiger charge is 2.45. The zero-order valence-corrected chi connectivity index (χ0v) is 14.3. The normalized spacial score (nSPS) is 26.4. The molecule has 0 aliphatic carbocycles. The fourth-order valence-corrected chi connectivity index (χ4v) is 3.08. The van der Waals surface area contributed by atoms with Crippen LogP contribution < -0.4 is 10.9 Å². The van der Waals surface area contributed by atoms with Gasteiger partial charge in [0.15, 0.2) is 11.9 Å². The van der Waals surface area contributed by atoms with Crippen molar-refractivity contribution < 1.29 is 27.6 Å². The molecule has 0 amide bonds. The minimum atomic E-state index is -4.22. The number of nitrogen functional groups attached to an aromatic ring is 1. The number of fused-ring (bicyclic) bond motifs is 1. The molecule has 2 aromatic heterocycles. The molecule has 0 saturated carbocycles. The van der Waals surface area contributed by atoms with Crippen LogP contribution in [0.1, 0.15) is 11.9 Å². The summed E-state index contributed by atoms with van der Waals surface area (Å²) in [7, 11) is -4.22. The first kappa shape index (κ1) is 18.6. The molecular weight excluding hydrogens is 368 g/mol. The Labute approximate surface area is 148 Å². The number of nitrogens with two attached hydrogens (primary N) is 2. The molecule has 0 unspecified atom stereocenters. The van der Waals surface area contributed by atoms with Crippen molar-refractivity contribution in [2.45, 2.75) is 31.0 Å². The third-order valence-electron chi connectivity index (χ3n) is 3.90. The number of hydrogen-bond donors (Lipinski definition) is 4. The zero-order valence-electron chi connectivity index (χ0n) is 13.5. The summed E-state index contributed by atoms with van der Waals surface area (Å²) in [4.78, 5) is 8.04. The lowest BCUT2D eigenvalue weighted by Gasteiger charge is -2.15. The lowest BCUT2D eigenvalue weighted by atomic mass is 10.1. The summed E-state index contributed by atoms with van der Waals surface area (Å²) in [5, 5.41) is 30.0. The first-order valence-corrected chi connectivity index (χ1v) is 8.97. The van der Waals surface area contributed by atoms with E-state index in [0.29, 0.717) is 23.1 Å². The molecule has 1 saturated heterocycles. The van der Waals surface area contributed by atoms with Crippen LogP contribution >= 0.6 is 0 Å². The van der Waals surface area contributed by atoms with Crippen LogP contribution in [0.4, 0.5) is 5.82 Å². The second-order valence-corrected chi connectivity index (χ2v) is 6.89. The summed E-state index contributed by atoms with van der Waals surface area (Å²) >= 11 is 0. The van der Waals surface area contributed by atoms with Gasteiger partial charge in [-0.2, -0.15) is 13.5 Å². The molecule has 13 heteroatoms. The van der Waals surface area contributed by atoms with Crippen molar-refractivity contribution in [1.82, 2.24) is 19.7 Å². The maximum atomic E-state index is 10.9. The van der Waals surface area contributed by atoms with Crippen LogP contribution in [-0.4, -0.2) is 63.3 Å². The molecular formula is C13H18N6O6S. The van der Waals surface area contributed by atoms with E-state index in [2.05, 4.69) is 25.8 Å². The quantitative estimate of drug-likeness (QED) is 0.403. The van der Waals surface area contributed by atoms with Crippen LogP contribution in [0.25, 0.3) is 11.0 Å². The average Bonchev–Trinajstić information content (AvgIpc) is 3.06. The molecule has 0 aromatic carbocycles. The second kappa shape index (κ2) is 6.86. The van der Waals surface area contributed by atoms with Gasteiger partial charge in [-0.15, -0.1) is 6.58 Å². The first-order chi connectivity index (χ1) is 12.2. The predicted molar refractivity (Wildman–Crippen MR) is 88.6 cm³/mol. The van der Waals surface area contributed by atoms with Crippen molar-refractivity contribution in [3.05, 3.63) is 24.7 Å². The van der Waals surface area contributed by atoms with Gasteiger partial charge < -0.3 is 20.7 Å². The van der Waals surface area contributed by atoms with E-state index >= 15 is 0 Å². The number of rotatable bonds is 6. The predicted octanol–water partition coefficient (Wildman–Crippen LogP) is -2.02. The topological polar surface area (TPSA) is 189 Å². The largest absolute Gasteiger partial charge is 0.387 e. The van der Waals surface area contributed by atoms with Crippen LogP contribution in [0, 0.1) is 0 Å². The molecule has 142 valence electrons. The first-order valence-electron chi connectivity index (χ1n) is 7.50. The molecule has 26 heavy (non-hydrogen) atoms. The van der Waals surface area contributed by atoms with Gasteiger partial charge in [0.25, 0.3) is 0 Å². The van der Waals surface area contributed by atoms with E-state index in [-0.39, 0.29) is 5.82 Å². The number of aromatic nitrogens is 4. The van der Waals surface area contributed by atoms with E-state index in [1.165, 1.54) is 11.0 Å². The molecule has 3 rings (SSSR count). The van der Waals surface area contributed by atoms with Crippen molar-refractivity contribution >= 4 is 27.2 Å². The van der Waals surface area contributed by atoms with E-state index < -0.39 is 41.5 Å². The van der Waals surface area contributed by atoms with Crippen molar-refractivity contribution in [2.75, 3.05) is 12.3 Å². The Bertz CT molecular complexity index is 931. The zero-order chi connectivity index (χ0) is 19.1. The maximum absolute atomic E-state index is 10.9. The number of anilines is 1. The van der Waals surface area contributed by atoms with Gasteiger partial charge in [-0.1, -0.05) is 6.08 Å². The lowest BCUT2D eigenvalue weighted by molar-refractivity contribution is -0.0528. The van der Waals surface area contributed by atoms with Gasteiger partial charge in [-0.25, -0.2) is 19.8 Å². The summed E-state index contributed by atoms with van der Waals surface area (Å²) in [6.45, 7) is 3.08. The highest BCUT2D eigenvalue weighted by molar-refractivity contribution is 7.84. The Morgan fingerprint density at radius 2 is 2.12 bits per heavy atom. The van der Waals surface area contributed by atoms with Gasteiger partial charge in [0.2, 0.25) is 0 Å². The van der Waals surface area contributed by atoms with Crippen LogP contribution in [-0.2, 0) is 25.6 Å². The maximum Gasteiger partial charge on any atom is 0.333 e. The molecule has 6 N–H and O–H groups in total. The molecule has 3 heterocycles. The van der Waals surface area contributed by atoms with E-state index in [1.807, 2.05) is 0 Å². The minimum Gasteiger partial charge on any atom is -0.387 e. The monoisotopic (exact) mass is 386 g/mol. The Morgan fingerprint density at radius 1 is 1.38 bits per heavy atom. The summed E-state index contributed by atoms with van der Waals surface area (Å²) < 4.78 is 33.1. The molecule has 0 bridgehead atoms. The lowest BCUT2D eigenvalue weighted by Crippen LogP contribution is -2.35. The van der Waals surface area contributed by atoms with Crippen LogP contribution in [0.15, 0.2) is 19.0 Å². The minimum absolute atomic E-state index is 0.195. The average molecular weight is 386 g/mol. The summed E-state index contributed by atoms with van der Waals surface area (Å²) in [6.07, 6.45) is -1.92.